The maximum atomic E-state index is 11.7. The Morgan fingerprint density at radius 1 is 1.50 bits per heavy atom. The number of carbonyl (C=O) groups excluding carboxylic acids is 1. The summed E-state index contributed by atoms with van der Waals surface area (Å²) < 4.78 is 0.802. The van der Waals surface area contributed by atoms with Crippen molar-refractivity contribution in [2.24, 2.45) is 0 Å². The molecule has 2 rings (SSSR count). The Morgan fingerprint density at radius 3 is 3.00 bits per heavy atom. The van der Waals surface area contributed by atoms with Gasteiger partial charge in [0.1, 0.15) is 5.69 Å². The van der Waals surface area contributed by atoms with Crippen LogP contribution in [-0.2, 0) is 6.54 Å². The van der Waals surface area contributed by atoms with Crippen molar-refractivity contribution in [2.75, 3.05) is 0 Å². The van der Waals surface area contributed by atoms with E-state index in [-0.39, 0.29) is 5.91 Å². The lowest BCUT2D eigenvalue weighted by atomic mass is 10.3. The van der Waals surface area contributed by atoms with Gasteiger partial charge in [-0.15, -0.1) is 0 Å². The Morgan fingerprint density at radius 2 is 2.38 bits per heavy atom. The first-order valence-electron chi connectivity index (χ1n) is 4.64. The third-order valence-electron chi connectivity index (χ3n) is 1.98. The van der Waals surface area contributed by atoms with Gasteiger partial charge in [-0.25, -0.2) is 0 Å². The van der Waals surface area contributed by atoms with Crippen molar-refractivity contribution in [3.05, 3.63) is 45.6 Å². The third-order valence-corrected chi connectivity index (χ3v) is 2.79. The summed E-state index contributed by atoms with van der Waals surface area (Å²) in [5, 5.41) is 9.21. The van der Waals surface area contributed by atoms with Gasteiger partial charge in [-0.2, -0.15) is 5.10 Å². The van der Waals surface area contributed by atoms with E-state index in [1.807, 2.05) is 18.2 Å². The van der Waals surface area contributed by atoms with E-state index in [2.05, 4.69) is 43.1 Å². The third kappa shape index (κ3) is 2.57. The molecule has 0 saturated heterocycles. The molecular weight excluding hydrogens is 319 g/mol. The molecule has 0 fully saturated rings. The van der Waals surface area contributed by atoms with E-state index in [4.69, 9.17) is 0 Å². The van der Waals surface area contributed by atoms with E-state index in [0.29, 0.717) is 12.2 Å². The van der Waals surface area contributed by atoms with Crippen molar-refractivity contribution in [1.29, 1.82) is 0 Å². The molecule has 2 N–H and O–H groups in total. The van der Waals surface area contributed by atoms with E-state index in [1.165, 1.54) is 0 Å². The molecule has 0 bridgehead atoms. The first kappa shape index (κ1) is 11.1. The van der Waals surface area contributed by atoms with Crippen LogP contribution in [0.2, 0.25) is 0 Å². The topological polar surface area (TPSA) is 70.7 Å². The summed E-state index contributed by atoms with van der Waals surface area (Å²) in [7, 11) is 0. The molecule has 2 aromatic heterocycles. The molecule has 0 aliphatic carbocycles. The summed E-state index contributed by atoms with van der Waals surface area (Å²) in [6, 6.07) is 5.58. The lowest BCUT2D eigenvalue weighted by molar-refractivity contribution is 0.0944. The number of pyridine rings is 1. The Kier molecular flexibility index (Phi) is 3.50. The number of halogens is 1. The molecule has 82 valence electrons. The molecule has 0 aromatic carbocycles. The number of carbonyl (C=O) groups is 1. The van der Waals surface area contributed by atoms with Gasteiger partial charge >= 0.3 is 0 Å². The maximum absolute atomic E-state index is 11.7. The first-order chi connectivity index (χ1) is 7.77. The summed E-state index contributed by atoms with van der Waals surface area (Å²) in [4.78, 5) is 15.8. The average molecular weight is 328 g/mol. The van der Waals surface area contributed by atoms with Crippen LogP contribution >= 0.6 is 22.6 Å². The molecule has 0 unspecified atom stereocenters. The van der Waals surface area contributed by atoms with Crippen molar-refractivity contribution in [2.45, 2.75) is 6.54 Å². The minimum absolute atomic E-state index is 0.174. The zero-order chi connectivity index (χ0) is 11.4. The minimum atomic E-state index is -0.174. The smallest absolute Gasteiger partial charge is 0.270 e. The average Bonchev–Trinajstić information content (AvgIpc) is 2.74. The van der Waals surface area contributed by atoms with E-state index >= 15 is 0 Å². The van der Waals surface area contributed by atoms with Gasteiger partial charge in [-0.3, -0.25) is 14.9 Å². The van der Waals surface area contributed by atoms with Gasteiger partial charge in [-0.05, 0) is 34.7 Å². The summed E-state index contributed by atoms with van der Waals surface area (Å²) in [5.41, 5.74) is 1.31. The van der Waals surface area contributed by atoms with E-state index in [0.717, 1.165) is 9.26 Å². The number of aromatic nitrogens is 3. The Labute approximate surface area is 106 Å². The number of hydrogen-bond acceptors (Lipinski definition) is 3. The van der Waals surface area contributed by atoms with E-state index in [9.17, 15) is 4.79 Å². The molecular formula is C10H9IN4O. The number of H-pyrrole nitrogens is 1. The van der Waals surface area contributed by atoms with Crippen LogP contribution in [0.15, 0.2) is 30.6 Å². The van der Waals surface area contributed by atoms with Gasteiger partial charge < -0.3 is 5.32 Å². The van der Waals surface area contributed by atoms with Gasteiger partial charge in [0.2, 0.25) is 0 Å². The van der Waals surface area contributed by atoms with Crippen molar-refractivity contribution in [3.8, 4) is 0 Å². The zero-order valence-corrected chi connectivity index (χ0v) is 10.4. The molecule has 0 spiro atoms. The Hall–Kier alpha value is -1.44. The highest BCUT2D eigenvalue weighted by atomic mass is 127. The fraction of sp³-hybridized carbons (Fsp3) is 0.100. The van der Waals surface area contributed by atoms with Crippen LogP contribution in [0, 0.1) is 3.57 Å². The standard InChI is InChI=1S/C10H9IN4O/c11-8-6-14-15-9(8)10(16)13-5-7-3-1-2-4-12-7/h1-4,6H,5H2,(H,13,16)(H,14,15). The predicted molar refractivity (Wildman–Crippen MR) is 66.7 cm³/mol. The van der Waals surface area contributed by atoms with E-state index in [1.54, 1.807) is 12.4 Å². The maximum Gasteiger partial charge on any atom is 0.270 e. The molecule has 2 heterocycles. The van der Waals surface area contributed by atoms with Crippen LogP contribution in [-0.4, -0.2) is 21.1 Å². The zero-order valence-electron chi connectivity index (χ0n) is 8.27. The summed E-state index contributed by atoms with van der Waals surface area (Å²) in [6.07, 6.45) is 3.30. The molecule has 0 saturated carbocycles. The van der Waals surface area contributed by atoms with Crippen molar-refractivity contribution >= 4 is 28.5 Å². The number of nitrogens with zero attached hydrogens (tertiary/aromatic N) is 2. The highest BCUT2D eigenvalue weighted by molar-refractivity contribution is 14.1. The molecule has 0 radical (unpaired) electrons. The fourth-order valence-electron chi connectivity index (χ4n) is 1.19. The Balaban J connectivity index is 1.97. The Bertz CT molecular complexity index is 483. The predicted octanol–water partition coefficient (Wildman–Crippen LogP) is 1.34. The number of hydrogen-bond donors (Lipinski definition) is 2. The number of amides is 1. The van der Waals surface area contributed by atoms with Crippen LogP contribution < -0.4 is 5.32 Å². The van der Waals surface area contributed by atoms with E-state index < -0.39 is 0 Å². The molecule has 0 aliphatic rings. The molecule has 0 aliphatic heterocycles. The fourth-order valence-corrected chi connectivity index (χ4v) is 1.70. The molecule has 0 atom stereocenters. The highest BCUT2D eigenvalue weighted by Crippen LogP contribution is 2.07. The lowest BCUT2D eigenvalue weighted by Crippen LogP contribution is -2.24. The normalized spacial score (nSPS) is 10.1. The lowest BCUT2D eigenvalue weighted by Gasteiger charge is -2.02. The number of rotatable bonds is 3. The molecule has 16 heavy (non-hydrogen) atoms. The second-order valence-corrected chi connectivity index (χ2v) is 4.26. The summed E-state index contributed by atoms with van der Waals surface area (Å²) >= 11 is 2.05. The summed E-state index contributed by atoms with van der Waals surface area (Å²) in [5.74, 6) is -0.174. The van der Waals surface area contributed by atoms with Crippen LogP contribution in [0.25, 0.3) is 0 Å². The van der Waals surface area contributed by atoms with Gasteiger partial charge in [0.05, 0.1) is 22.0 Å². The van der Waals surface area contributed by atoms with Gasteiger partial charge in [0.25, 0.3) is 5.91 Å². The monoisotopic (exact) mass is 328 g/mol. The molecule has 5 nitrogen and oxygen atoms in total. The highest BCUT2D eigenvalue weighted by Gasteiger charge is 2.11. The quantitative estimate of drug-likeness (QED) is 0.836. The SMILES string of the molecule is O=C(NCc1ccccn1)c1[nH]ncc1I. The largest absolute Gasteiger partial charge is 0.345 e. The molecule has 1 amide bonds. The summed E-state index contributed by atoms with van der Waals surface area (Å²) in [6.45, 7) is 0.411. The number of nitrogens with one attached hydrogen (secondary N) is 2. The second kappa shape index (κ2) is 5.06. The van der Waals surface area contributed by atoms with Gasteiger partial charge in [0.15, 0.2) is 0 Å². The van der Waals surface area contributed by atoms with Crippen LogP contribution in [0.5, 0.6) is 0 Å². The van der Waals surface area contributed by atoms with Crippen LogP contribution in [0.4, 0.5) is 0 Å². The van der Waals surface area contributed by atoms with Crippen molar-refractivity contribution < 1.29 is 4.79 Å². The van der Waals surface area contributed by atoms with Crippen molar-refractivity contribution in [3.63, 3.8) is 0 Å². The van der Waals surface area contributed by atoms with Crippen molar-refractivity contribution in [1.82, 2.24) is 20.5 Å². The van der Waals surface area contributed by atoms with Gasteiger partial charge in [-0.1, -0.05) is 6.07 Å². The van der Waals surface area contributed by atoms with Crippen LogP contribution in [0.1, 0.15) is 16.2 Å². The molecule has 2 aromatic rings. The second-order valence-electron chi connectivity index (χ2n) is 3.10. The van der Waals surface area contributed by atoms with Crippen LogP contribution in [0.3, 0.4) is 0 Å². The number of aromatic amines is 1. The minimum Gasteiger partial charge on any atom is -0.345 e. The van der Waals surface area contributed by atoms with Gasteiger partial charge in [0, 0.05) is 6.20 Å². The first-order valence-corrected chi connectivity index (χ1v) is 5.72. The molecule has 6 heteroatoms.